The van der Waals surface area contributed by atoms with Gasteiger partial charge in [0.1, 0.15) is 0 Å². The standard InChI is InChI=1S/C9H9NO2/c1-2-3-4-5-7-6-10-9(12)8(7)11/h2-5H,1,6H2,(H,10,12)/b4-3-,7-5+. The lowest BCUT2D eigenvalue weighted by Crippen LogP contribution is -2.18. The molecule has 1 aliphatic rings. The first-order chi connectivity index (χ1) is 5.75. The highest BCUT2D eigenvalue weighted by molar-refractivity contribution is 6.45. The minimum Gasteiger partial charge on any atom is -0.345 e. The van der Waals surface area contributed by atoms with E-state index in [-0.39, 0.29) is 0 Å². The Morgan fingerprint density at radius 3 is 2.58 bits per heavy atom. The van der Waals surface area contributed by atoms with Gasteiger partial charge in [0.25, 0.3) is 5.91 Å². The number of Topliss-reactive ketones (excluding diaryl/α,β-unsaturated/α-hetero) is 1. The summed E-state index contributed by atoms with van der Waals surface area (Å²) in [6.45, 7) is 3.81. The Balaban J connectivity index is 2.71. The van der Waals surface area contributed by atoms with Crippen LogP contribution in [0.15, 0.2) is 36.5 Å². The highest BCUT2D eigenvalue weighted by atomic mass is 16.2. The summed E-state index contributed by atoms with van der Waals surface area (Å²) in [4.78, 5) is 21.6. The van der Waals surface area contributed by atoms with Crippen LogP contribution in [-0.2, 0) is 9.59 Å². The lowest BCUT2D eigenvalue weighted by molar-refractivity contribution is -0.133. The summed E-state index contributed by atoms with van der Waals surface area (Å²) in [5.41, 5.74) is 0.498. The zero-order valence-corrected chi connectivity index (χ0v) is 6.54. The first kappa shape index (κ1) is 8.46. The van der Waals surface area contributed by atoms with Gasteiger partial charge in [-0.25, -0.2) is 0 Å². The van der Waals surface area contributed by atoms with E-state index in [4.69, 9.17) is 0 Å². The first-order valence-corrected chi connectivity index (χ1v) is 3.56. The van der Waals surface area contributed by atoms with Crippen molar-refractivity contribution in [1.29, 1.82) is 0 Å². The number of hydrogen-bond donors (Lipinski definition) is 1. The fraction of sp³-hybridized carbons (Fsp3) is 0.111. The van der Waals surface area contributed by atoms with Gasteiger partial charge in [0.05, 0.1) is 0 Å². The van der Waals surface area contributed by atoms with Gasteiger partial charge in [-0.05, 0) is 0 Å². The Hall–Kier alpha value is -1.64. The molecule has 0 bridgehead atoms. The number of nitrogens with one attached hydrogen (secondary N) is 1. The molecule has 0 spiro atoms. The van der Waals surface area contributed by atoms with E-state index in [2.05, 4.69) is 11.9 Å². The minimum atomic E-state index is -0.520. The molecular formula is C9H9NO2. The van der Waals surface area contributed by atoms with Gasteiger partial charge in [0, 0.05) is 12.1 Å². The SMILES string of the molecule is C=C/C=C\C=C1/CNC(=O)C1=O. The van der Waals surface area contributed by atoms with Crippen LogP contribution in [0.4, 0.5) is 0 Å². The van der Waals surface area contributed by atoms with E-state index < -0.39 is 11.7 Å². The third-order valence-electron chi connectivity index (χ3n) is 1.48. The Kier molecular flexibility index (Phi) is 2.58. The van der Waals surface area contributed by atoms with E-state index in [1.54, 1.807) is 24.3 Å². The Labute approximate surface area is 70.5 Å². The molecule has 0 atom stereocenters. The second kappa shape index (κ2) is 3.67. The topological polar surface area (TPSA) is 46.2 Å². The lowest BCUT2D eigenvalue weighted by Gasteiger charge is -1.84. The van der Waals surface area contributed by atoms with E-state index in [9.17, 15) is 9.59 Å². The van der Waals surface area contributed by atoms with Crippen molar-refractivity contribution in [3.8, 4) is 0 Å². The van der Waals surface area contributed by atoms with Gasteiger partial charge in [0.15, 0.2) is 0 Å². The van der Waals surface area contributed by atoms with Crippen molar-refractivity contribution in [2.45, 2.75) is 0 Å². The number of amides is 1. The average Bonchev–Trinajstić information content (AvgIpc) is 2.36. The van der Waals surface area contributed by atoms with Gasteiger partial charge in [0.2, 0.25) is 5.78 Å². The second-order valence-corrected chi connectivity index (χ2v) is 2.32. The maximum absolute atomic E-state index is 11.0. The third kappa shape index (κ3) is 1.69. The largest absolute Gasteiger partial charge is 0.345 e. The van der Waals surface area contributed by atoms with Gasteiger partial charge < -0.3 is 5.32 Å². The summed E-state index contributed by atoms with van der Waals surface area (Å²) < 4.78 is 0. The zero-order valence-electron chi connectivity index (χ0n) is 6.54. The van der Waals surface area contributed by atoms with Crippen molar-refractivity contribution < 1.29 is 9.59 Å². The summed E-state index contributed by atoms with van der Waals surface area (Å²) in [7, 11) is 0. The number of rotatable bonds is 2. The highest BCUT2D eigenvalue weighted by Gasteiger charge is 2.24. The summed E-state index contributed by atoms with van der Waals surface area (Å²) in [6.07, 6.45) is 6.59. The average molecular weight is 163 g/mol. The molecule has 0 aromatic rings. The quantitative estimate of drug-likeness (QED) is 0.363. The van der Waals surface area contributed by atoms with E-state index >= 15 is 0 Å². The monoisotopic (exact) mass is 163 g/mol. The molecule has 1 amide bonds. The highest BCUT2D eigenvalue weighted by Crippen LogP contribution is 2.02. The molecule has 1 saturated heterocycles. The summed E-state index contributed by atoms with van der Waals surface area (Å²) in [6, 6.07) is 0. The van der Waals surface area contributed by atoms with Crippen LogP contribution in [-0.4, -0.2) is 18.2 Å². The van der Waals surface area contributed by atoms with Gasteiger partial charge in [-0.3, -0.25) is 9.59 Å². The fourth-order valence-electron chi connectivity index (χ4n) is 0.867. The molecule has 1 rings (SSSR count). The predicted octanol–water partition coefficient (Wildman–Crippen LogP) is 0.354. The second-order valence-electron chi connectivity index (χ2n) is 2.32. The van der Waals surface area contributed by atoms with Crippen molar-refractivity contribution >= 4 is 11.7 Å². The lowest BCUT2D eigenvalue weighted by atomic mass is 10.2. The molecular weight excluding hydrogens is 154 g/mol. The van der Waals surface area contributed by atoms with Crippen LogP contribution in [0.2, 0.25) is 0 Å². The van der Waals surface area contributed by atoms with E-state index in [0.717, 1.165) is 0 Å². The molecule has 62 valence electrons. The summed E-state index contributed by atoms with van der Waals surface area (Å²) in [5, 5.41) is 2.43. The van der Waals surface area contributed by atoms with Crippen LogP contribution in [0, 0.1) is 0 Å². The Morgan fingerprint density at radius 2 is 2.08 bits per heavy atom. The number of hydrogen-bond acceptors (Lipinski definition) is 2. The van der Waals surface area contributed by atoms with Crippen molar-refractivity contribution in [2.75, 3.05) is 6.54 Å². The number of allylic oxidation sites excluding steroid dienone is 4. The van der Waals surface area contributed by atoms with Crippen molar-refractivity contribution in [1.82, 2.24) is 5.32 Å². The van der Waals surface area contributed by atoms with Gasteiger partial charge in [-0.15, -0.1) is 0 Å². The molecule has 1 aliphatic heterocycles. The third-order valence-corrected chi connectivity index (χ3v) is 1.48. The van der Waals surface area contributed by atoms with Crippen molar-refractivity contribution in [3.63, 3.8) is 0 Å². The van der Waals surface area contributed by atoms with Gasteiger partial charge in [-0.2, -0.15) is 0 Å². The smallest absolute Gasteiger partial charge is 0.292 e. The molecule has 0 aliphatic carbocycles. The Morgan fingerprint density at radius 1 is 1.33 bits per heavy atom. The maximum Gasteiger partial charge on any atom is 0.292 e. The van der Waals surface area contributed by atoms with Crippen LogP contribution >= 0.6 is 0 Å². The van der Waals surface area contributed by atoms with Crippen LogP contribution in [0.1, 0.15) is 0 Å². The maximum atomic E-state index is 11.0. The van der Waals surface area contributed by atoms with Gasteiger partial charge in [-0.1, -0.05) is 30.9 Å². The molecule has 0 saturated carbocycles. The van der Waals surface area contributed by atoms with E-state index in [1.807, 2.05) is 0 Å². The summed E-state index contributed by atoms with van der Waals surface area (Å²) in [5.74, 6) is -0.961. The fourth-order valence-corrected chi connectivity index (χ4v) is 0.867. The van der Waals surface area contributed by atoms with Crippen LogP contribution in [0.25, 0.3) is 0 Å². The minimum absolute atomic E-state index is 0.332. The van der Waals surface area contributed by atoms with E-state index in [1.165, 1.54) is 0 Å². The molecule has 1 fully saturated rings. The number of carbonyl (C=O) groups excluding carboxylic acids is 2. The molecule has 0 aromatic heterocycles. The summed E-state index contributed by atoms with van der Waals surface area (Å²) >= 11 is 0. The van der Waals surface area contributed by atoms with E-state index in [0.29, 0.717) is 12.1 Å². The number of carbonyl (C=O) groups is 2. The number of ketones is 1. The van der Waals surface area contributed by atoms with Crippen LogP contribution in [0.3, 0.4) is 0 Å². The van der Waals surface area contributed by atoms with Crippen molar-refractivity contribution in [3.05, 3.63) is 36.5 Å². The molecule has 0 aromatic carbocycles. The molecule has 0 unspecified atom stereocenters. The molecule has 1 heterocycles. The molecule has 3 heteroatoms. The molecule has 12 heavy (non-hydrogen) atoms. The first-order valence-electron chi connectivity index (χ1n) is 3.56. The van der Waals surface area contributed by atoms with Crippen molar-refractivity contribution in [2.24, 2.45) is 0 Å². The zero-order chi connectivity index (χ0) is 8.97. The Bertz CT molecular complexity index is 287. The van der Waals surface area contributed by atoms with Gasteiger partial charge >= 0.3 is 0 Å². The van der Waals surface area contributed by atoms with Crippen LogP contribution < -0.4 is 5.32 Å². The van der Waals surface area contributed by atoms with Crippen LogP contribution in [0.5, 0.6) is 0 Å². The normalized spacial score (nSPS) is 20.5. The predicted molar refractivity (Wildman–Crippen MR) is 45.4 cm³/mol. The molecule has 3 nitrogen and oxygen atoms in total. The molecule has 0 radical (unpaired) electrons. The molecule has 1 N–H and O–H groups in total.